The van der Waals surface area contributed by atoms with Gasteiger partial charge in [0.2, 0.25) is 0 Å². The van der Waals surface area contributed by atoms with Gasteiger partial charge in [0.25, 0.3) is 0 Å². The van der Waals surface area contributed by atoms with E-state index < -0.39 is 12.6 Å². The van der Waals surface area contributed by atoms with Crippen molar-refractivity contribution in [2.24, 2.45) is 0 Å². The van der Waals surface area contributed by atoms with E-state index >= 15 is 0 Å². The number of benzene rings is 2. The van der Waals surface area contributed by atoms with Crippen LogP contribution in [0, 0.1) is 0 Å². The molecule has 0 aromatic heterocycles. The highest BCUT2D eigenvalue weighted by Gasteiger charge is 2.16. The predicted octanol–water partition coefficient (Wildman–Crippen LogP) is 3.00. The molecule has 0 amide bonds. The van der Waals surface area contributed by atoms with Crippen LogP contribution in [0.25, 0.3) is 0 Å². The van der Waals surface area contributed by atoms with Crippen LogP contribution in [0.2, 0.25) is 0 Å². The Hall–Kier alpha value is -2.17. The third-order valence-electron chi connectivity index (χ3n) is 2.85. The molecule has 0 heterocycles. The average Bonchev–Trinajstić information content (AvgIpc) is 2.47. The van der Waals surface area contributed by atoms with Crippen LogP contribution in [0.5, 0.6) is 5.75 Å². The van der Waals surface area contributed by atoms with E-state index in [0.29, 0.717) is 16.9 Å². The van der Waals surface area contributed by atoms with Crippen LogP contribution in [0.15, 0.2) is 54.6 Å². The molecular formula is C17H18O4. The van der Waals surface area contributed by atoms with E-state index in [0.717, 1.165) is 0 Å². The highest BCUT2D eigenvalue weighted by atomic mass is 16.7. The molecule has 2 unspecified atom stereocenters. The highest BCUT2D eigenvalue weighted by molar-refractivity contribution is 6.10. The van der Waals surface area contributed by atoms with Crippen molar-refractivity contribution in [3.05, 3.63) is 65.7 Å². The Morgan fingerprint density at radius 2 is 1.62 bits per heavy atom. The van der Waals surface area contributed by atoms with Gasteiger partial charge in [-0.05, 0) is 26.0 Å². The Morgan fingerprint density at radius 1 is 1.00 bits per heavy atom. The minimum Gasteiger partial charge on any atom is -0.464 e. The smallest absolute Gasteiger partial charge is 0.199 e. The van der Waals surface area contributed by atoms with Crippen LogP contribution in [-0.2, 0) is 4.74 Å². The van der Waals surface area contributed by atoms with Crippen molar-refractivity contribution in [1.82, 2.24) is 0 Å². The van der Waals surface area contributed by atoms with Crippen molar-refractivity contribution in [3.63, 3.8) is 0 Å². The highest BCUT2D eigenvalue weighted by Crippen LogP contribution is 2.23. The lowest BCUT2D eigenvalue weighted by Gasteiger charge is -2.18. The van der Waals surface area contributed by atoms with Crippen LogP contribution in [0.1, 0.15) is 29.8 Å². The third-order valence-corrected chi connectivity index (χ3v) is 2.85. The lowest BCUT2D eigenvalue weighted by molar-refractivity contribution is -0.179. The van der Waals surface area contributed by atoms with Gasteiger partial charge in [-0.25, -0.2) is 0 Å². The minimum absolute atomic E-state index is 0.115. The summed E-state index contributed by atoms with van der Waals surface area (Å²) in [5.41, 5.74) is 1.06. The molecule has 110 valence electrons. The summed E-state index contributed by atoms with van der Waals surface area (Å²) in [7, 11) is 0. The van der Waals surface area contributed by atoms with E-state index in [1.165, 1.54) is 6.92 Å². The second-order valence-electron chi connectivity index (χ2n) is 4.61. The SMILES string of the molecule is CC(O)OC(C)Oc1ccccc1C(=O)c1ccccc1. The molecule has 4 nitrogen and oxygen atoms in total. The van der Waals surface area contributed by atoms with Gasteiger partial charge in [0, 0.05) is 5.56 Å². The third kappa shape index (κ3) is 4.15. The Kier molecular flexibility index (Phi) is 5.09. The first-order valence-corrected chi connectivity index (χ1v) is 6.77. The molecule has 0 aliphatic rings. The molecule has 2 aromatic rings. The molecule has 0 bridgehead atoms. The number of carbonyl (C=O) groups is 1. The van der Waals surface area contributed by atoms with Crippen LogP contribution in [-0.4, -0.2) is 23.5 Å². The molecule has 4 heteroatoms. The van der Waals surface area contributed by atoms with Crippen molar-refractivity contribution in [1.29, 1.82) is 0 Å². The number of rotatable bonds is 6. The average molecular weight is 286 g/mol. The van der Waals surface area contributed by atoms with Gasteiger partial charge >= 0.3 is 0 Å². The van der Waals surface area contributed by atoms with E-state index in [-0.39, 0.29) is 5.78 Å². The maximum absolute atomic E-state index is 12.5. The Bertz CT molecular complexity index is 593. The maximum Gasteiger partial charge on any atom is 0.199 e. The fourth-order valence-corrected chi connectivity index (χ4v) is 1.99. The largest absolute Gasteiger partial charge is 0.464 e. The van der Waals surface area contributed by atoms with Gasteiger partial charge in [0.05, 0.1) is 5.56 Å². The minimum atomic E-state index is -0.933. The molecule has 0 aliphatic carbocycles. The number of ether oxygens (including phenoxy) is 2. The monoisotopic (exact) mass is 286 g/mol. The van der Waals surface area contributed by atoms with E-state index in [1.807, 2.05) is 18.2 Å². The Labute approximate surface area is 123 Å². The number of hydrogen-bond acceptors (Lipinski definition) is 4. The standard InChI is InChI=1S/C17H18O4/c1-12(18)20-13(2)21-16-11-7-6-10-15(16)17(19)14-8-4-3-5-9-14/h3-13,18H,1-2H3. The fraction of sp³-hybridized carbons (Fsp3) is 0.235. The zero-order valence-electron chi connectivity index (χ0n) is 12.0. The zero-order valence-corrected chi connectivity index (χ0v) is 12.0. The molecule has 2 atom stereocenters. The first-order valence-electron chi connectivity index (χ1n) is 6.77. The van der Waals surface area contributed by atoms with Crippen LogP contribution >= 0.6 is 0 Å². The summed E-state index contributed by atoms with van der Waals surface area (Å²) in [6, 6.07) is 16.0. The fourth-order valence-electron chi connectivity index (χ4n) is 1.99. The molecular weight excluding hydrogens is 268 g/mol. The second-order valence-corrected chi connectivity index (χ2v) is 4.61. The van der Waals surface area contributed by atoms with Crippen LogP contribution in [0.4, 0.5) is 0 Å². The normalized spacial score (nSPS) is 13.5. The summed E-state index contributed by atoms with van der Waals surface area (Å²) < 4.78 is 10.7. The van der Waals surface area contributed by atoms with Crippen molar-refractivity contribution < 1.29 is 19.4 Å². The molecule has 2 rings (SSSR count). The van der Waals surface area contributed by atoms with E-state index in [1.54, 1.807) is 43.3 Å². The van der Waals surface area contributed by atoms with Gasteiger partial charge < -0.3 is 14.6 Å². The van der Waals surface area contributed by atoms with Crippen molar-refractivity contribution >= 4 is 5.78 Å². The lowest BCUT2D eigenvalue weighted by Crippen LogP contribution is -2.23. The lowest BCUT2D eigenvalue weighted by atomic mass is 10.0. The summed E-state index contributed by atoms with van der Waals surface area (Å²) in [5, 5.41) is 9.19. The van der Waals surface area contributed by atoms with Crippen LogP contribution < -0.4 is 4.74 Å². The summed E-state index contributed by atoms with van der Waals surface area (Å²) in [6.07, 6.45) is -1.59. The molecule has 0 aliphatic heterocycles. The molecule has 0 fully saturated rings. The van der Waals surface area contributed by atoms with Crippen molar-refractivity contribution in [2.75, 3.05) is 0 Å². The van der Waals surface area contributed by atoms with Crippen molar-refractivity contribution in [2.45, 2.75) is 26.4 Å². The van der Waals surface area contributed by atoms with Gasteiger partial charge in [-0.15, -0.1) is 0 Å². The van der Waals surface area contributed by atoms with Gasteiger partial charge in [0.15, 0.2) is 18.4 Å². The number of para-hydroxylation sites is 1. The predicted molar refractivity (Wildman–Crippen MR) is 79.2 cm³/mol. The molecule has 0 saturated heterocycles. The number of aliphatic hydroxyl groups is 1. The summed E-state index contributed by atoms with van der Waals surface area (Å²) >= 11 is 0. The first kappa shape index (κ1) is 15.2. The molecule has 0 saturated carbocycles. The van der Waals surface area contributed by atoms with Crippen molar-refractivity contribution in [3.8, 4) is 5.75 Å². The van der Waals surface area contributed by atoms with Gasteiger partial charge in [-0.2, -0.15) is 0 Å². The molecule has 0 radical (unpaired) electrons. The number of ketones is 1. The Morgan fingerprint density at radius 3 is 2.29 bits per heavy atom. The van der Waals surface area contributed by atoms with Crippen LogP contribution in [0.3, 0.4) is 0 Å². The molecule has 2 aromatic carbocycles. The van der Waals surface area contributed by atoms with E-state index in [4.69, 9.17) is 9.47 Å². The second kappa shape index (κ2) is 7.02. The first-order chi connectivity index (χ1) is 10.1. The summed E-state index contributed by atoms with van der Waals surface area (Å²) in [6.45, 7) is 3.16. The number of carbonyl (C=O) groups excluding carboxylic acids is 1. The molecule has 21 heavy (non-hydrogen) atoms. The maximum atomic E-state index is 12.5. The van der Waals surface area contributed by atoms with Gasteiger partial charge in [0.1, 0.15) is 5.75 Å². The van der Waals surface area contributed by atoms with E-state index in [9.17, 15) is 9.90 Å². The van der Waals surface area contributed by atoms with E-state index in [2.05, 4.69) is 0 Å². The van der Waals surface area contributed by atoms with Gasteiger partial charge in [-0.1, -0.05) is 42.5 Å². The topological polar surface area (TPSA) is 55.8 Å². The quantitative estimate of drug-likeness (QED) is 0.655. The molecule has 1 N–H and O–H groups in total. The molecule has 0 spiro atoms. The Balaban J connectivity index is 2.23. The van der Waals surface area contributed by atoms with Gasteiger partial charge in [-0.3, -0.25) is 4.79 Å². The summed E-state index contributed by atoms with van der Waals surface area (Å²) in [4.78, 5) is 12.5. The zero-order chi connectivity index (χ0) is 15.2. The number of aliphatic hydroxyl groups excluding tert-OH is 1. The number of hydrogen-bond donors (Lipinski definition) is 1. The summed E-state index contributed by atoms with van der Waals surface area (Å²) in [5.74, 6) is 0.315.